The van der Waals surface area contributed by atoms with Crippen molar-refractivity contribution in [2.45, 2.75) is 33.2 Å². The fourth-order valence-corrected chi connectivity index (χ4v) is 2.28. The van der Waals surface area contributed by atoms with Gasteiger partial charge in [0.25, 0.3) is 0 Å². The average molecular weight is 392 g/mol. The summed E-state index contributed by atoms with van der Waals surface area (Å²) in [6.07, 6.45) is 1.88. The molecular weight excluding hydrogens is 367 g/mol. The number of nitrogens with one attached hydrogen (secondary N) is 1. The summed E-state index contributed by atoms with van der Waals surface area (Å²) in [5.41, 5.74) is 5.62. The molecule has 0 aromatic rings. The number of nitrogens with zero attached hydrogens (tertiary/aromatic N) is 2. The number of nitrogens with two attached hydrogens (primary N) is 1. The lowest BCUT2D eigenvalue weighted by Crippen LogP contribution is -2.37. The van der Waals surface area contributed by atoms with E-state index in [4.69, 9.17) is 5.73 Å². The summed E-state index contributed by atoms with van der Waals surface area (Å²) in [5, 5.41) is 2.97. The van der Waals surface area contributed by atoms with Crippen LogP contribution < -0.4 is 11.1 Å². The first-order valence-electron chi connectivity index (χ1n) is 5.79. The summed E-state index contributed by atoms with van der Waals surface area (Å²) in [4.78, 5) is 4.11. The Morgan fingerprint density at radius 1 is 1.44 bits per heavy atom. The maximum absolute atomic E-state index is 11.3. The van der Waals surface area contributed by atoms with E-state index in [1.54, 1.807) is 0 Å². The van der Waals surface area contributed by atoms with E-state index in [1.807, 2.05) is 20.8 Å². The smallest absolute Gasteiger partial charge is 0.211 e. The van der Waals surface area contributed by atoms with Crippen molar-refractivity contribution in [3.63, 3.8) is 0 Å². The number of aliphatic imine (C=N–C) groups is 1. The molecule has 0 aromatic carbocycles. The number of guanidine groups is 1. The summed E-state index contributed by atoms with van der Waals surface area (Å²) < 4.78 is 24.0. The van der Waals surface area contributed by atoms with Crippen LogP contribution in [0.3, 0.4) is 0 Å². The van der Waals surface area contributed by atoms with Crippen molar-refractivity contribution < 1.29 is 8.42 Å². The molecule has 110 valence electrons. The van der Waals surface area contributed by atoms with Gasteiger partial charge in [0.05, 0.1) is 6.26 Å². The van der Waals surface area contributed by atoms with Gasteiger partial charge in [-0.2, -0.15) is 0 Å². The molecule has 3 N–H and O–H groups in total. The molecule has 0 aliphatic rings. The second-order valence-corrected chi connectivity index (χ2v) is 6.16. The van der Waals surface area contributed by atoms with Crippen LogP contribution in [0.1, 0.15) is 27.2 Å². The second kappa shape index (κ2) is 9.79. The van der Waals surface area contributed by atoms with Gasteiger partial charge in [0, 0.05) is 25.7 Å². The van der Waals surface area contributed by atoms with Gasteiger partial charge in [0.2, 0.25) is 10.0 Å². The topological polar surface area (TPSA) is 87.8 Å². The van der Waals surface area contributed by atoms with Crippen molar-refractivity contribution in [2.75, 3.05) is 25.9 Å². The molecule has 0 radical (unpaired) electrons. The molecule has 0 bridgehead atoms. The molecule has 0 heterocycles. The molecule has 0 saturated heterocycles. The molecule has 0 aliphatic heterocycles. The predicted molar refractivity (Wildman–Crippen MR) is 86.9 cm³/mol. The highest BCUT2D eigenvalue weighted by molar-refractivity contribution is 14.0. The molecule has 0 saturated carbocycles. The summed E-state index contributed by atoms with van der Waals surface area (Å²) in [7, 11) is -3.10. The lowest BCUT2D eigenvalue weighted by Gasteiger charge is -2.16. The average Bonchev–Trinajstić information content (AvgIpc) is 2.14. The van der Waals surface area contributed by atoms with Crippen LogP contribution in [-0.4, -0.2) is 50.6 Å². The Balaban J connectivity index is 0. The highest BCUT2D eigenvalue weighted by atomic mass is 127. The minimum Gasteiger partial charge on any atom is -0.370 e. The summed E-state index contributed by atoms with van der Waals surface area (Å²) in [6, 6.07) is 0.252. The first-order valence-corrected chi connectivity index (χ1v) is 7.63. The van der Waals surface area contributed by atoms with E-state index in [2.05, 4.69) is 10.3 Å². The molecule has 0 aliphatic carbocycles. The molecule has 0 aromatic heterocycles. The van der Waals surface area contributed by atoms with Crippen LogP contribution in [0.15, 0.2) is 4.99 Å². The number of rotatable bonds is 7. The Kier molecular flexibility index (Phi) is 11.0. The van der Waals surface area contributed by atoms with E-state index in [1.165, 1.54) is 10.6 Å². The van der Waals surface area contributed by atoms with Crippen LogP contribution in [0.4, 0.5) is 0 Å². The molecule has 0 unspecified atom stereocenters. The standard InChI is InChI=1S/C10H24N4O2S.HI/c1-5-14(17(4,15)16)8-6-7-12-10(11)13-9(2)3;/h9H,5-8H2,1-4H3,(H3,11,12,13);1H. The third-order valence-electron chi connectivity index (χ3n) is 2.11. The zero-order chi connectivity index (χ0) is 13.5. The van der Waals surface area contributed by atoms with Gasteiger partial charge < -0.3 is 11.1 Å². The Labute approximate surface area is 127 Å². The molecule has 6 nitrogen and oxygen atoms in total. The van der Waals surface area contributed by atoms with Gasteiger partial charge in [-0.3, -0.25) is 4.99 Å². The fourth-order valence-electron chi connectivity index (χ4n) is 1.35. The van der Waals surface area contributed by atoms with Crippen LogP contribution in [0.5, 0.6) is 0 Å². The Bertz CT molecular complexity index is 344. The molecule has 18 heavy (non-hydrogen) atoms. The van der Waals surface area contributed by atoms with E-state index in [0.29, 0.717) is 32.0 Å². The van der Waals surface area contributed by atoms with E-state index in [0.717, 1.165) is 0 Å². The van der Waals surface area contributed by atoms with E-state index in [-0.39, 0.29) is 30.0 Å². The maximum atomic E-state index is 11.3. The van der Waals surface area contributed by atoms with Gasteiger partial charge in [-0.1, -0.05) is 6.92 Å². The largest absolute Gasteiger partial charge is 0.370 e. The van der Waals surface area contributed by atoms with Crippen LogP contribution in [0.25, 0.3) is 0 Å². The van der Waals surface area contributed by atoms with Gasteiger partial charge in [0.15, 0.2) is 5.96 Å². The lowest BCUT2D eigenvalue weighted by molar-refractivity contribution is 0.427. The molecule has 8 heteroatoms. The quantitative estimate of drug-likeness (QED) is 0.287. The zero-order valence-electron chi connectivity index (χ0n) is 11.5. The molecule has 0 fully saturated rings. The first kappa shape index (κ1) is 20.2. The number of halogens is 1. The zero-order valence-corrected chi connectivity index (χ0v) is 14.7. The number of hydrogen-bond donors (Lipinski definition) is 2. The van der Waals surface area contributed by atoms with Crippen molar-refractivity contribution >= 4 is 40.0 Å². The van der Waals surface area contributed by atoms with E-state index >= 15 is 0 Å². The Hall–Kier alpha value is -0.0900. The summed E-state index contributed by atoms with van der Waals surface area (Å²) >= 11 is 0. The predicted octanol–water partition coefficient (Wildman–Crippen LogP) is 0.589. The van der Waals surface area contributed by atoms with Crippen molar-refractivity contribution in [1.29, 1.82) is 0 Å². The van der Waals surface area contributed by atoms with Crippen LogP contribution in [-0.2, 0) is 10.0 Å². The van der Waals surface area contributed by atoms with Gasteiger partial charge in [-0.25, -0.2) is 12.7 Å². The number of hydrogen-bond acceptors (Lipinski definition) is 3. The van der Waals surface area contributed by atoms with Crippen molar-refractivity contribution in [2.24, 2.45) is 10.7 Å². The van der Waals surface area contributed by atoms with E-state index in [9.17, 15) is 8.42 Å². The second-order valence-electron chi connectivity index (χ2n) is 4.17. The van der Waals surface area contributed by atoms with Gasteiger partial charge >= 0.3 is 0 Å². The lowest BCUT2D eigenvalue weighted by atomic mass is 10.4. The number of sulfonamides is 1. The van der Waals surface area contributed by atoms with Crippen LogP contribution in [0.2, 0.25) is 0 Å². The molecule has 0 amide bonds. The minimum absolute atomic E-state index is 0. The van der Waals surface area contributed by atoms with Crippen molar-refractivity contribution in [3.05, 3.63) is 0 Å². The van der Waals surface area contributed by atoms with Crippen molar-refractivity contribution in [3.8, 4) is 0 Å². The molecule has 0 atom stereocenters. The highest BCUT2D eigenvalue weighted by Crippen LogP contribution is 1.98. The maximum Gasteiger partial charge on any atom is 0.211 e. The molecular formula is C10H25IN4O2S. The third kappa shape index (κ3) is 9.89. The summed E-state index contributed by atoms with van der Waals surface area (Å²) in [6.45, 7) is 7.27. The van der Waals surface area contributed by atoms with Crippen molar-refractivity contribution in [1.82, 2.24) is 9.62 Å². The monoisotopic (exact) mass is 392 g/mol. The third-order valence-corrected chi connectivity index (χ3v) is 3.48. The minimum atomic E-state index is -3.10. The Morgan fingerprint density at radius 2 is 2.00 bits per heavy atom. The van der Waals surface area contributed by atoms with Gasteiger partial charge in [-0.05, 0) is 20.3 Å². The highest BCUT2D eigenvalue weighted by Gasteiger charge is 2.12. The van der Waals surface area contributed by atoms with Gasteiger partial charge in [-0.15, -0.1) is 24.0 Å². The molecule has 0 rings (SSSR count). The Morgan fingerprint density at radius 3 is 2.39 bits per heavy atom. The van der Waals surface area contributed by atoms with Crippen LogP contribution in [0, 0.1) is 0 Å². The van der Waals surface area contributed by atoms with Gasteiger partial charge in [0.1, 0.15) is 0 Å². The normalized spacial score (nSPS) is 12.7. The first-order chi connectivity index (χ1) is 7.77. The van der Waals surface area contributed by atoms with E-state index < -0.39 is 10.0 Å². The fraction of sp³-hybridized carbons (Fsp3) is 0.900. The summed E-state index contributed by atoms with van der Waals surface area (Å²) in [5.74, 6) is 0.405. The SMILES string of the molecule is CCN(CCCN=C(N)NC(C)C)S(C)(=O)=O.I. The van der Waals surface area contributed by atoms with Crippen LogP contribution >= 0.6 is 24.0 Å². The molecule has 0 spiro atoms.